The molecule has 0 fully saturated rings. The van der Waals surface area contributed by atoms with E-state index < -0.39 is 5.92 Å². The van der Waals surface area contributed by atoms with E-state index in [1.54, 1.807) is 18.2 Å². The van der Waals surface area contributed by atoms with E-state index in [4.69, 9.17) is 9.90 Å². The number of rotatable bonds is 2. The molecular weight excluding hydrogens is 456 g/mol. The van der Waals surface area contributed by atoms with Crippen LogP contribution in [0.15, 0.2) is 36.2 Å². The zero-order valence-corrected chi connectivity index (χ0v) is 14.1. The summed E-state index contributed by atoms with van der Waals surface area (Å²) in [5, 5.41) is 8.40. The summed E-state index contributed by atoms with van der Waals surface area (Å²) in [5.41, 5.74) is 0.290. The largest absolute Gasteiger partial charge is 0.512 e. The molecule has 0 saturated carbocycles. The predicted molar refractivity (Wildman–Crippen MR) is 74.1 cm³/mol. The van der Waals surface area contributed by atoms with Gasteiger partial charge in [0.2, 0.25) is 5.92 Å². The fourth-order valence-corrected chi connectivity index (χ4v) is 1.69. The van der Waals surface area contributed by atoms with Crippen molar-refractivity contribution in [1.29, 1.82) is 0 Å². The molecule has 1 aromatic rings. The fourth-order valence-electron chi connectivity index (χ4n) is 1.69. The number of halogens is 2. The first kappa shape index (κ1) is 19.6. The van der Waals surface area contributed by atoms with Crippen molar-refractivity contribution >= 4 is 11.4 Å². The van der Waals surface area contributed by atoms with Crippen molar-refractivity contribution in [2.45, 2.75) is 32.6 Å². The second-order valence-electron chi connectivity index (χ2n) is 4.40. The van der Waals surface area contributed by atoms with Gasteiger partial charge < -0.3 is 10.1 Å². The molecular formula is C15H17F2IrNO2. The second kappa shape index (κ2) is 8.80. The molecule has 1 radical (unpaired) electrons. The van der Waals surface area contributed by atoms with E-state index >= 15 is 0 Å². The number of pyridine rings is 1. The number of allylic oxidation sites excluding steroid dienone is 4. The topological polar surface area (TPSA) is 54.5 Å². The van der Waals surface area contributed by atoms with Gasteiger partial charge in [-0.15, -0.1) is 18.1 Å². The van der Waals surface area contributed by atoms with E-state index in [-0.39, 0.29) is 43.6 Å². The molecule has 0 aliphatic heterocycles. The number of aromatic nitrogens is 1. The van der Waals surface area contributed by atoms with E-state index in [1.165, 1.54) is 26.1 Å². The molecule has 117 valence electrons. The normalized spacial score (nSPS) is 16.2. The van der Waals surface area contributed by atoms with Crippen LogP contribution in [0, 0.1) is 6.08 Å². The van der Waals surface area contributed by atoms with Crippen molar-refractivity contribution in [3.63, 3.8) is 0 Å². The molecule has 1 aliphatic carbocycles. The summed E-state index contributed by atoms with van der Waals surface area (Å²) in [7, 11) is 0. The molecule has 0 amide bonds. The number of nitrogens with zero attached hydrogens (tertiary/aromatic N) is 1. The van der Waals surface area contributed by atoms with Gasteiger partial charge in [-0.2, -0.15) is 0 Å². The third-order valence-corrected chi connectivity index (χ3v) is 2.45. The monoisotopic (exact) mass is 474 g/mol. The maximum Gasteiger partial charge on any atom is 0.316 e. The maximum absolute atomic E-state index is 13.2. The van der Waals surface area contributed by atoms with Crippen LogP contribution in [0.3, 0.4) is 0 Å². The fraction of sp³-hybridized carbons (Fsp3) is 0.333. The van der Waals surface area contributed by atoms with E-state index in [9.17, 15) is 8.78 Å². The first-order chi connectivity index (χ1) is 9.33. The third-order valence-electron chi connectivity index (χ3n) is 2.45. The minimum absolute atomic E-state index is 0. The summed E-state index contributed by atoms with van der Waals surface area (Å²) in [4.78, 5) is 12.3. The Kier molecular flexibility index (Phi) is 8.22. The smallest absolute Gasteiger partial charge is 0.316 e. The summed E-state index contributed by atoms with van der Waals surface area (Å²) in [6, 6.07) is 4.99. The van der Waals surface area contributed by atoms with Crippen LogP contribution in [0.25, 0.3) is 5.57 Å². The van der Waals surface area contributed by atoms with Gasteiger partial charge in [-0.1, -0.05) is 11.8 Å². The van der Waals surface area contributed by atoms with E-state index in [0.717, 1.165) is 0 Å². The molecule has 0 unspecified atom stereocenters. The quantitative estimate of drug-likeness (QED) is 0.308. The number of ketones is 1. The minimum Gasteiger partial charge on any atom is -0.512 e. The van der Waals surface area contributed by atoms with Crippen LogP contribution in [0.4, 0.5) is 8.78 Å². The Labute approximate surface area is 136 Å². The van der Waals surface area contributed by atoms with Gasteiger partial charge in [0, 0.05) is 26.3 Å². The molecule has 0 atom stereocenters. The molecule has 0 spiro atoms. The molecule has 2 rings (SSSR count). The Hall–Kier alpha value is -1.39. The number of aliphatic hydroxyl groups is 1. The van der Waals surface area contributed by atoms with Crippen molar-refractivity contribution in [1.82, 2.24) is 4.98 Å². The summed E-state index contributed by atoms with van der Waals surface area (Å²) in [5.74, 6) is -2.49. The van der Waals surface area contributed by atoms with Crippen LogP contribution >= 0.6 is 0 Å². The van der Waals surface area contributed by atoms with Crippen LogP contribution < -0.4 is 0 Å². The van der Waals surface area contributed by atoms with Gasteiger partial charge in [0.15, 0.2) is 0 Å². The van der Waals surface area contributed by atoms with Crippen LogP contribution in [0.1, 0.15) is 32.4 Å². The molecule has 2 N–H and O–H groups in total. The van der Waals surface area contributed by atoms with Gasteiger partial charge in [-0.3, -0.25) is 10.9 Å². The van der Waals surface area contributed by atoms with Gasteiger partial charge in [-0.25, -0.2) is 8.78 Å². The molecule has 21 heavy (non-hydrogen) atoms. The average Bonchev–Trinajstić information content (AvgIpc) is 2.69. The van der Waals surface area contributed by atoms with Gasteiger partial charge >= 0.3 is 5.78 Å². The predicted octanol–water partition coefficient (Wildman–Crippen LogP) is 3.71. The Bertz CT molecular complexity index is 524. The molecule has 1 aliphatic rings. The van der Waals surface area contributed by atoms with Gasteiger partial charge in [0.05, 0.1) is 18.8 Å². The summed E-state index contributed by atoms with van der Waals surface area (Å²) >= 11 is 0. The molecule has 1 heterocycles. The zero-order chi connectivity index (χ0) is 15.2. The van der Waals surface area contributed by atoms with Crippen molar-refractivity contribution in [2.24, 2.45) is 0 Å². The number of alkyl halides is 2. The number of hydrogen-bond acceptors (Lipinski definition) is 2. The summed E-state index contributed by atoms with van der Waals surface area (Å²) in [6.45, 7) is 3.00. The third kappa shape index (κ3) is 6.73. The number of hydrogen-bond donors (Lipinski definition) is 1. The zero-order valence-electron chi connectivity index (χ0n) is 11.7. The molecule has 0 aromatic carbocycles. The second-order valence-corrected chi connectivity index (χ2v) is 4.40. The van der Waals surface area contributed by atoms with Gasteiger partial charge in [0.1, 0.15) is 0 Å². The van der Waals surface area contributed by atoms with Crippen LogP contribution in [0.2, 0.25) is 0 Å². The Morgan fingerprint density at radius 2 is 2.10 bits per heavy atom. The minimum atomic E-state index is -2.74. The Morgan fingerprint density at radius 1 is 1.43 bits per heavy atom. The standard InChI is InChI=1S/C10H8F2N.C5H8O2.Ir/c11-10(12)6-3-4-8(10)9-5-1-2-7-13-9;1-4(6)3-5(2)7;/h1-2,5,7H,3,6H2;3,6H,1-2H3;/q-1;;/p+1/b;4-3-;. The Balaban J connectivity index is 0.000000436. The Morgan fingerprint density at radius 3 is 2.43 bits per heavy atom. The molecule has 3 nitrogen and oxygen atoms in total. The van der Waals surface area contributed by atoms with E-state index in [1.807, 2.05) is 0 Å². The van der Waals surface area contributed by atoms with Gasteiger partial charge in [-0.05, 0) is 19.4 Å². The summed E-state index contributed by atoms with van der Waals surface area (Å²) < 4.78 is 26.3. The van der Waals surface area contributed by atoms with Crippen molar-refractivity contribution in [3.05, 3.63) is 48.0 Å². The van der Waals surface area contributed by atoms with Crippen LogP contribution in [0.5, 0.6) is 0 Å². The van der Waals surface area contributed by atoms with Crippen molar-refractivity contribution < 1.29 is 38.8 Å². The molecule has 0 saturated heterocycles. The SMILES string of the molecule is CC(=[OH+])/C=C(/C)O.FC1(F)CC[C-]=C1c1ccccn1.[Ir]. The van der Waals surface area contributed by atoms with E-state index in [0.29, 0.717) is 12.1 Å². The van der Waals surface area contributed by atoms with Crippen LogP contribution in [-0.4, -0.2) is 26.6 Å². The molecule has 6 heteroatoms. The summed E-state index contributed by atoms with van der Waals surface area (Å²) in [6.07, 6.45) is 5.64. The number of carbonyl (C=O) groups excluding carboxylic acids is 1. The average molecular weight is 474 g/mol. The van der Waals surface area contributed by atoms with Crippen molar-refractivity contribution in [3.8, 4) is 0 Å². The molecule has 0 bridgehead atoms. The van der Waals surface area contributed by atoms with Crippen LogP contribution in [-0.2, 0) is 20.1 Å². The first-order valence-electron chi connectivity index (χ1n) is 6.13. The molecule has 1 aromatic heterocycles. The number of aliphatic hydroxyl groups excluding tert-OH is 1. The van der Waals surface area contributed by atoms with Crippen molar-refractivity contribution in [2.75, 3.05) is 0 Å². The van der Waals surface area contributed by atoms with E-state index in [2.05, 4.69) is 11.1 Å². The first-order valence-corrected chi connectivity index (χ1v) is 6.13. The van der Waals surface area contributed by atoms with Gasteiger partial charge in [0.25, 0.3) is 0 Å². The maximum atomic E-state index is 13.2.